The van der Waals surface area contributed by atoms with Crippen LogP contribution in [0.15, 0.2) is 0 Å². The van der Waals surface area contributed by atoms with Crippen LogP contribution in [0.3, 0.4) is 0 Å². The van der Waals surface area contributed by atoms with Crippen LogP contribution in [0.25, 0.3) is 0 Å². The summed E-state index contributed by atoms with van der Waals surface area (Å²) in [6.45, 7) is 18.2. The van der Waals surface area contributed by atoms with Crippen LogP contribution in [-0.2, 0) is 0 Å². The first-order chi connectivity index (χ1) is 8.33. The summed E-state index contributed by atoms with van der Waals surface area (Å²) >= 11 is 0. The standard InChI is InChI=1S/C17H35N/c1-8-14(5)16(6,7)17(11-10-12-18-17)15(9-2)13(3)4/h13-15,18H,8-12H2,1-7H3. The Labute approximate surface area is 115 Å². The quantitative estimate of drug-likeness (QED) is 0.712. The van der Waals surface area contributed by atoms with Gasteiger partial charge in [0, 0.05) is 5.54 Å². The summed E-state index contributed by atoms with van der Waals surface area (Å²) in [6.07, 6.45) is 5.29. The Kier molecular flexibility index (Phi) is 5.29. The van der Waals surface area contributed by atoms with Crippen LogP contribution in [0.2, 0.25) is 0 Å². The Balaban J connectivity index is 3.14. The van der Waals surface area contributed by atoms with Gasteiger partial charge in [-0.05, 0) is 42.6 Å². The highest BCUT2D eigenvalue weighted by molar-refractivity contribution is 5.09. The van der Waals surface area contributed by atoms with Crippen LogP contribution in [0.4, 0.5) is 0 Å². The first kappa shape index (κ1) is 16.0. The molecule has 1 rings (SSSR count). The minimum Gasteiger partial charge on any atom is -0.310 e. The van der Waals surface area contributed by atoms with Crippen molar-refractivity contribution in [2.24, 2.45) is 23.2 Å². The van der Waals surface area contributed by atoms with Gasteiger partial charge in [-0.2, -0.15) is 0 Å². The Morgan fingerprint density at radius 3 is 2.06 bits per heavy atom. The molecule has 0 aromatic carbocycles. The highest BCUT2D eigenvalue weighted by atomic mass is 15.0. The molecule has 0 bridgehead atoms. The molecule has 1 saturated heterocycles. The fourth-order valence-corrected chi connectivity index (χ4v) is 4.45. The molecule has 0 amide bonds. The predicted molar refractivity (Wildman–Crippen MR) is 81.8 cm³/mol. The number of rotatable bonds is 6. The first-order valence-electron chi connectivity index (χ1n) is 8.08. The number of nitrogens with one attached hydrogen (secondary N) is 1. The van der Waals surface area contributed by atoms with Crippen molar-refractivity contribution in [1.29, 1.82) is 0 Å². The maximum absolute atomic E-state index is 3.96. The first-order valence-corrected chi connectivity index (χ1v) is 8.08. The molecule has 1 aliphatic rings. The Morgan fingerprint density at radius 1 is 1.11 bits per heavy atom. The van der Waals surface area contributed by atoms with E-state index in [0.717, 1.165) is 17.8 Å². The van der Waals surface area contributed by atoms with Crippen molar-refractivity contribution in [2.75, 3.05) is 6.54 Å². The Bertz CT molecular complexity index is 248. The molecule has 1 heterocycles. The highest BCUT2D eigenvalue weighted by Crippen LogP contribution is 2.51. The zero-order valence-electron chi connectivity index (χ0n) is 13.8. The van der Waals surface area contributed by atoms with E-state index in [2.05, 4.69) is 53.8 Å². The summed E-state index contributed by atoms with van der Waals surface area (Å²) in [7, 11) is 0. The van der Waals surface area contributed by atoms with Gasteiger partial charge >= 0.3 is 0 Å². The van der Waals surface area contributed by atoms with Crippen LogP contribution in [0, 0.1) is 23.2 Å². The highest BCUT2D eigenvalue weighted by Gasteiger charge is 2.53. The van der Waals surface area contributed by atoms with Crippen LogP contribution < -0.4 is 5.32 Å². The molecule has 0 saturated carbocycles. The van der Waals surface area contributed by atoms with Gasteiger partial charge in [-0.1, -0.05) is 61.3 Å². The molecule has 0 spiro atoms. The Hall–Kier alpha value is -0.0400. The van der Waals surface area contributed by atoms with Gasteiger partial charge in [0.05, 0.1) is 0 Å². The molecule has 18 heavy (non-hydrogen) atoms. The zero-order valence-corrected chi connectivity index (χ0v) is 13.8. The third kappa shape index (κ3) is 2.48. The summed E-state index contributed by atoms with van der Waals surface area (Å²) in [5.41, 5.74) is 0.731. The minimum absolute atomic E-state index is 0.353. The lowest BCUT2D eigenvalue weighted by molar-refractivity contribution is 0.00244. The van der Waals surface area contributed by atoms with Gasteiger partial charge in [0.25, 0.3) is 0 Å². The number of hydrogen-bond donors (Lipinski definition) is 1. The molecule has 0 aromatic rings. The second-order valence-corrected chi connectivity index (χ2v) is 7.29. The van der Waals surface area contributed by atoms with Gasteiger partial charge in [-0.25, -0.2) is 0 Å². The fraction of sp³-hybridized carbons (Fsp3) is 1.00. The van der Waals surface area contributed by atoms with E-state index in [0.29, 0.717) is 11.0 Å². The van der Waals surface area contributed by atoms with E-state index in [1.165, 1.54) is 32.2 Å². The second-order valence-electron chi connectivity index (χ2n) is 7.29. The molecule has 1 N–H and O–H groups in total. The van der Waals surface area contributed by atoms with E-state index in [-0.39, 0.29) is 0 Å². The van der Waals surface area contributed by atoms with Gasteiger partial charge in [-0.15, -0.1) is 0 Å². The van der Waals surface area contributed by atoms with Crippen molar-refractivity contribution < 1.29 is 0 Å². The lowest BCUT2D eigenvalue weighted by Crippen LogP contribution is -2.60. The maximum atomic E-state index is 3.96. The van der Waals surface area contributed by atoms with E-state index in [4.69, 9.17) is 0 Å². The predicted octanol–water partition coefficient (Wildman–Crippen LogP) is 4.86. The van der Waals surface area contributed by atoms with Gasteiger partial charge < -0.3 is 5.32 Å². The van der Waals surface area contributed by atoms with Crippen molar-refractivity contribution in [3.8, 4) is 0 Å². The van der Waals surface area contributed by atoms with E-state index >= 15 is 0 Å². The zero-order chi connectivity index (χ0) is 14.0. The van der Waals surface area contributed by atoms with Crippen molar-refractivity contribution in [1.82, 2.24) is 5.32 Å². The topological polar surface area (TPSA) is 12.0 Å². The van der Waals surface area contributed by atoms with E-state index in [1.54, 1.807) is 0 Å². The van der Waals surface area contributed by atoms with Crippen molar-refractivity contribution in [3.63, 3.8) is 0 Å². The van der Waals surface area contributed by atoms with Crippen molar-refractivity contribution >= 4 is 0 Å². The van der Waals surface area contributed by atoms with E-state index in [9.17, 15) is 0 Å². The van der Waals surface area contributed by atoms with Gasteiger partial charge in [0.1, 0.15) is 0 Å². The Morgan fingerprint density at radius 2 is 1.72 bits per heavy atom. The third-order valence-electron chi connectivity index (χ3n) is 6.06. The molecule has 1 fully saturated rings. The minimum atomic E-state index is 0.353. The SMILES string of the molecule is CCC(C)C(C)(C)C1(C(CC)C(C)C)CCCN1. The summed E-state index contributed by atoms with van der Waals surface area (Å²) in [5, 5.41) is 3.96. The molecule has 108 valence electrons. The van der Waals surface area contributed by atoms with Crippen LogP contribution >= 0.6 is 0 Å². The third-order valence-corrected chi connectivity index (χ3v) is 6.06. The van der Waals surface area contributed by atoms with Crippen molar-refractivity contribution in [3.05, 3.63) is 0 Å². The average molecular weight is 253 g/mol. The van der Waals surface area contributed by atoms with Gasteiger partial charge in [0.15, 0.2) is 0 Å². The molecule has 1 aliphatic heterocycles. The summed E-state index contributed by atoms with van der Waals surface area (Å²) < 4.78 is 0. The summed E-state index contributed by atoms with van der Waals surface area (Å²) in [4.78, 5) is 0. The molecule has 3 unspecified atom stereocenters. The lowest BCUT2D eigenvalue weighted by atomic mass is 9.56. The van der Waals surface area contributed by atoms with Crippen LogP contribution in [-0.4, -0.2) is 12.1 Å². The molecule has 3 atom stereocenters. The molecule has 1 heteroatoms. The van der Waals surface area contributed by atoms with Crippen LogP contribution in [0.1, 0.15) is 74.1 Å². The normalized spacial score (nSPS) is 28.7. The molecular formula is C17H35N. The summed E-state index contributed by atoms with van der Waals surface area (Å²) in [5.74, 6) is 2.34. The molecule has 0 aliphatic carbocycles. The molecule has 1 nitrogen and oxygen atoms in total. The number of hydrogen-bond acceptors (Lipinski definition) is 1. The molecular weight excluding hydrogens is 218 g/mol. The smallest absolute Gasteiger partial charge is 0.0265 e. The van der Waals surface area contributed by atoms with Crippen LogP contribution in [0.5, 0.6) is 0 Å². The second kappa shape index (κ2) is 5.94. The van der Waals surface area contributed by atoms with Gasteiger partial charge in [0.2, 0.25) is 0 Å². The summed E-state index contributed by atoms with van der Waals surface area (Å²) in [6, 6.07) is 0. The van der Waals surface area contributed by atoms with E-state index in [1.807, 2.05) is 0 Å². The van der Waals surface area contributed by atoms with Gasteiger partial charge in [-0.3, -0.25) is 0 Å². The fourth-order valence-electron chi connectivity index (χ4n) is 4.45. The van der Waals surface area contributed by atoms with E-state index < -0.39 is 0 Å². The largest absolute Gasteiger partial charge is 0.310 e. The molecule has 0 radical (unpaired) electrons. The lowest BCUT2D eigenvalue weighted by Gasteiger charge is -2.54. The monoisotopic (exact) mass is 253 g/mol. The molecule has 0 aromatic heterocycles. The van der Waals surface area contributed by atoms with Crippen molar-refractivity contribution in [2.45, 2.75) is 79.7 Å². The average Bonchev–Trinajstić information content (AvgIpc) is 2.79. The maximum Gasteiger partial charge on any atom is 0.0265 e.